The molecule has 0 fully saturated rings. The summed E-state index contributed by atoms with van der Waals surface area (Å²) in [6, 6.07) is 5.09. The molecule has 0 aliphatic heterocycles. The highest BCUT2D eigenvalue weighted by Crippen LogP contribution is 2.36. The van der Waals surface area contributed by atoms with Gasteiger partial charge in [0.2, 0.25) is 0 Å². The number of ether oxygens (including phenoxy) is 2. The predicted octanol–water partition coefficient (Wildman–Crippen LogP) is 1.93. The predicted molar refractivity (Wildman–Crippen MR) is 68.1 cm³/mol. The maximum Gasteiger partial charge on any atom is 0.180 e. The van der Waals surface area contributed by atoms with E-state index >= 15 is 0 Å². The lowest BCUT2D eigenvalue weighted by Crippen LogP contribution is -2.05. The van der Waals surface area contributed by atoms with Crippen molar-refractivity contribution in [2.24, 2.45) is 7.05 Å². The van der Waals surface area contributed by atoms with E-state index in [2.05, 4.69) is 10.1 Å². The lowest BCUT2D eigenvalue weighted by molar-refractivity contribution is 0.272. The standard InChI is InChI=1S/C12H11ClN4O2/c1-17-11(15-7-16-17)6-19-12-9(13)3-8(5-14)4-10(12)18-2/h3-4,7H,6H2,1-2H3. The highest BCUT2D eigenvalue weighted by Gasteiger charge is 2.13. The zero-order chi connectivity index (χ0) is 13.8. The van der Waals surface area contributed by atoms with Crippen LogP contribution in [0.1, 0.15) is 11.4 Å². The summed E-state index contributed by atoms with van der Waals surface area (Å²) in [4.78, 5) is 4.04. The van der Waals surface area contributed by atoms with Crippen molar-refractivity contribution in [3.63, 3.8) is 0 Å². The van der Waals surface area contributed by atoms with Crippen molar-refractivity contribution in [3.8, 4) is 17.6 Å². The lowest BCUT2D eigenvalue weighted by Gasteiger charge is -2.12. The molecule has 0 aliphatic rings. The Labute approximate surface area is 115 Å². The summed E-state index contributed by atoms with van der Waals surface area (Å²) in [5.41, 5.74) is 0.410. The first-order valence-electron chi connectivity index (χ1n) is 5.39. The molecule has 6 nitrogen and oxygen atoms in total. The molecule has 1 heterocycles. The van der Waals surface area contributed by atoms with Gasteiger partial charge in [0.25, 0.3) is 0 Å². The van der Waals surface area contributed by atoms with Crippen LogP contribution in [0.15, 0.2) is 18.5 Å². The molecule has 7 heteroatoms. The third kappa shape index (κ3) is 2.77. The van der Waals surface area contributed by atoms with Crippen molar-refractivity contribution in [3.05, 3.63) is 34.9 Å². The number of hydrogen-bond acceptors (Lipinski definition) is 5. The third-order valence-electron chi connectivity index (χ3n) is 2.51. The minimum atomic E-state index is 0.207. The number of aryl methyl sites for hydroxylation is 1. The van der Waals surface area contributed by atoms with E-state index in [0.29, 0.717) is 27.9 Å². The van der Waals surface area contributed by atoms with Gasteiger partial charge in [0, 0.05) is 13.1 Å². The maximum atomic E-state index is 8.86. The van der Waals surface area contributed by atoms with Crippen LogP contribution in [0, 0.1) is 11.3 Å². The minimum Gasteiger partial charge on any atom is -0.493 e. The Morgan fingerprint density at radius 3 is 2.84 bits per heavy atom. The van der Waals surface area contributed by atoms with Crippen LogP contribution in [0.3, 0.4) is 0 Å². The van der Waals surface area contributed by atoms with Gasteiger partial charge in [-0.15, -0.1) is 0 Å². The number of hydrogen-bond donors (Lipinski definition) is 0. The van der Waals surface area contributed by atoms with E-state index in [0.717, 1.165) is 0 Å². The van der Waals surface area contributed by atoms with Gasteiger partial charge in [0.1, 0.15) is 12.9 Å². The Balaban J connectivity index is 2.25. The van der Waals surface area contributed by atoms with Crippen LogP contribution >= 0.6 is 11.6 Å². The molecule has 0 saturated heterocycles. The van der Waals surface area contributed by atoms with Crippen LogP contribution < -0.4 is 9.47 Å². The van der Waals surface area contributed by atoms with Gasteiger partial charge in [0.15, 0.2) is 17.3 Å². The monoisotopic (exact) mass is 278 g/mol. The normalized spacial score (nSPS) is 10.0. The summed E-state index contributed by atoms with van der Waals surface area (Å²) in [5, 5.41) is 13.1. The second-order valence-electron chi connectivity index (χ2n) is 3.69. The van der Waals surface area contributed by atoms with Gasteiger partial charge in [-0.25, -0.2) is 4.98 Å². The van der Waals surface area contributed by atoms with E-state index in [1.165, 1.54) is 19.5 Å². The van der Waals surface area contributed by atoms with Crippen molar-refractivity contribution in [1.29, 1.82) is 5.26 Å². The molecule has 1 aromatic heterocycles. The molecule has 2 rings (SSSR count). The first-order valence-corrected chi connectivity index (χ1v) is 5.76. The number of nitriles is 1. The average Bonchev–Trinajstić information content (AvgIpc) is 2.82. The third-order valence-corrected chi connectivity index (χ3v) is 2.79. The zero-order valence-electron chi connectivity index (χ0n) is 10.4. The van der Waals surface area contributed by atoms with Crippen molar-refractivity contribution in [2.45, 2.75) is 6.61 Å². The van der Waals surface area contributed by atoms with Gasteiger partial charge >= 0.3 is 0 Å². The molecule has 0 saturated carbocycles. The van der Waals surface area contributed by atoms with Crippen molar-refractivity contribution < 1.29 is 9.47 Å². The molecule has 0 amide bonds. The summed E-state index contributed by atoms with van der Waals surface area (Å²) >= 11 is 6.07. The molecular weight excluding hydrogens is 268 g/mol. The van der Waals surface area contributed by atoms with Gasteiger partial charge in [-0.1, -0.05) is 11.6 Å². The van der Waals surface area contributed by atoms with Gasteiger partial charge in [-0.2, -0.15) is 10.4 Å². The lowest BCUT2D eigenvalue weighted by atomic mass is 10.2. The highest BCUT2D eigenvalue weighted by molar-refractivity contribution is 6.32. The van der Waals surface area contributed by atoms with Gasteiger partial charge in [0.05, 0.1) is 23.8 Å². The first kappa shape index (κ1) is 13.2. The fourth-order valence-corrected chi connectivity index (χ4v) is 1.78. The average molecular weight is 279 g/mol. The number of aromatic nitrogens is 3. The van der Waals surface area contributed by atoms with E-state index < -0.39 is 0 Å². The highest BCUT2D eigenvalue weighted by atomic mass is 35.5. The number of rotatable bonds is 4. The van der Waals surface area contributed by atoms with Crippen LogP contribution in [0.25, 0.3) is 0 Å². The largest absolute Gasteiger partial charge is 0.493 e. The Bertz CT molecular complexity index is 633. The van der Waals surface area contributed by atoms with Crippen LogP contribution in [0.4, 0.5) is 0 Å². The summed E-state index contributed by atoms with van der Waals surface area (Å²) in [5.74, 6) is 1.44. The smallest absolute Gasteiger partial charge is 0.180 e. The first-order chi connectivity index (χ1) is 9.15. The molecule has 0 unspecified atom stereocenters. The Kier molecular flexibility index (Phi) is 3.88. The molecule has 1 aromatic carbocycles. The topological polar surface area (TPSA) is 73.0 Å². The fraction of sp³-hybridized carbons (Fsp3) is 0.250. The Hall–Kier alpha value is -2.26. The second-order valence-corrected chi connectivity index (χ2v) is 4.10. The Morgan fingerprint density at radius 2 is 2.26 bits per heavy atom. The molecular formula is C12H11ClN4O2. The quantitative estimate of drug-likeness (QED) is 0.854. The summed E-state index contributed by atoms with van der Waals surface area (Å²) in [6.45, 7) is 0.207. The summed E-state index contributed by atoms with van der Waals surface area (Å²) < 4.78 is 12.4. The molecule has 0 atom stereocenters. The molecule has 0 spiro atoms. The fourth-order valence-electron chi connectivity index (χ4n) is 1.51. The minimum absolute atomic E-state index is 0.207. The molecule has 2 aromatic rings. The van der Waals surface area contributed by atoms with Crippen LogP contribution in [-0.2, 0) is 13.7 Å². The number of methoxy groups -OCH3 is 1. The van der Waals surface area contributed by atoms with Crippen LogP contribution in [-0.4, -0.2) is 21.9 Å². The van der Waals surface area contributed by atoms with Crippen molar-refractivity contribution in [2.75, 3.05) is 7.11 Å². The van der Waals surface area contributed by atoms with Gasteiger partial charge in [-0.3, -0.25) is 4.68 Å². The summed E-state index contributed by atoms with van der Waals surface area (Å²) in [6.07, 6.45) is 1.44. The molecule has 0 bridgehead atoms. The van der Waals surface area contributed by atoms with E-state index in [1.54, 1.807) is 17.8 Å². The maximum absolute atomic E-state index is 8.86. The second kappa shape index (κ2) is 5.59. The number of nitrogens with zero attached hydrogens (tertiary/aromatic N) is 4. The van der Waals surface area contributed by atoms with E-state index in [9.17, 15) is 0 Å². The molecule has 98 valence electrons. The zero-order valence-corrected chi connectivity index (χ0v) is 11.2. The van der Waals surface area contributed by atoms with Gasteiger partial charge in [-0.05, 0) is 6.07 Å². The van der Waals surface area contributed by atoms with E-state index in [4.69, 9.17) is 26.3 Å². The summed E-state index contributed by atoms with van der Waals surface area (Å²) in [7, 11) is 3.26. The molecule has 0 aliphatic carbocycles. The number of halogens is 1. The molecule has 0 radical (unpaired) electrons. The van der Waals surface area contributed by atoms with E-state index in [1.807, 2.05) is 6.07 Å². The van der Waals surface area contributed by atoms with E-state index in [-0.39, 0.29) is 6.61 Å². The van der Waals surface area contributed by atoms with Crippen LogP contribution in [0.5, 0.6) is 11.5 Å². The van der Waals surface area contributed by atoms with Gasteiger partial charge < -0.3 is 9.47 Å². The molecule has 0 N–H and O–H groups in total. The Morgan fingerprint density at radius 1 is 1.47 bits per heavy atom. The SMILES string of the molecule is COc1cc(C#N)cc(Cl)c1OCc1ncnn1C. The van der Waals surface area contributed by atoms with Crippen molar-refractivity contribution >= 4 is 11.6 Å². The van der Waals surface area contributed by atoms with Crippen molar-refractivity contribution in [1.82, 2.24) is 14.8 Å². The number of benzene rings is 1. The molecule has 19 heavy (non-hydrogen) atoms. The van der Waals surface area contributed by atoms with Crippen LogP contribution in [0.2, 0.25) is 5.02 Å².